The summed E-state index contributed by atoms with van der Waals surface area (Å²) in [5.74, 6) is -2.94. The van der Waals surface area contributed by atoms with Gasteiger partial charge in [0.25, 0.3) is 0 Å². The van der Waals surface area contributed by atoms with Crippen LogP contribution in [0.15, 0.2) is 0 Å². The molecule has 0 bridgehead atoms. The van der Waals surface area contributed by atoms with E-state index >= 15 is 0 Å². The van der Waals surface area contributed by atoms with Gasteiger partial charge in [0.1, 0.15) is 13.1 Å². The van der Waals surface area contributed by atoms with Crippen molar-refractivity contribution < 1.29 is 24.3 Å². The highest BCUT2D eigenvalue weighted by Gasteiger charge is 2.48. The van der Waals surface area contributed by atoms with Crippen molar-refractivity contribution in [3.05, 3.63) is 0 Å². The summed E-state index contributed by atoms with van der Waals surface area (Å²) in [5.41, 5.74) is 0. The zero-order valence-corrected chi connectivity index (χ0v) is 10.4. The molecule has 104 valence electrons. The van der Waals surface area contributed by atoms with Crippen molar-refractivity contribution in [2.45, 2.75) is 25.7 Å². The van der Waals surface area contributed by atoms with E-state index in [1.165, 1.54) is 0 Å². The highest BCUT2D eigenvalue weighted by molar-refractivity contribution is 6.07. The highest BCUT2D eigenvalue weighted by Crippen LogP contribution is 2.37. The van der Waals surface area contributed by atoms with Crippen LogP contribution in [0.5, 0.6) is 0 Å². The zero-order valence-electron chi connectivity index (χ0n) is 10.4. The Morgan fingerprint density at radius 2 is 1.68 bits per heavy atom. The van der Waals surface area contributed by atoms with Gasteiger partial charge in [-0.05, 0) is 12.8 Å². The number of hydrogen-bond donors (Lipinski definition) is 2. The Bertz CT molecular complexity index is 410. The fraction of sp³-hybridized carbons (Fsp3) is 0.667. The third kappa shape index (κ3) is 2.74. The third-order valence-corrected chi connectivity index (χ3v) is 3.67. The Morgan fingerprint density at radius 3 is 2.16 bits per heavy atom. The monoisotopic (exact) mass is 268 g/mol. The van der Waals surface area contributed by atoms with Gasteiger partial charge < -0.3 is 10.4 Å². The number of hydrogen-bond acceptors (Lipinski definition) is 4. The maximum atomic E-state index is 12.0. The molecule has 0 aromatic rings. The van der Waals surface area contributed by atoms with Gasteiger partial charge in [0.2, 0.25) is 17.7 Å². The van der Waals surface area contributed by atoms with E-state index in [0.29, 0.717) is 12.8 Å². The molecule has 1 saturated carbocycles. The van der Waals surface area contributed by atoms with Crippen molar-refractivity contribution in [2.75, 3.05) is 13.1 Å². The molecule has 3 amide bonds. The van der Waals surface area contributed by atoms with Crippen molar-refractivity contribution in [3.63, 3.8) is 0 Å². The van der Waals surface area contributed by atoms with Crippen molar-refractivity contribution >= 4 is 23.7 Å². The number of amides is 3. The minimum absolute atomic E-state index is 0.284. The van der Waals surface area contributed by atoms with Crippen molar-refractivity contribution in [3.8, 4) is 0 Å². The molecular formula is C12H16N2O5. The number of aliphatic carboxylic acids is 1. The van der Waals surface area contributed by atoms with E-state index in [0.717, 1.165) is 17.7 Å². The second-order valence-corrected chi connectivity index (χ2v) is 4.93. The minimum atomic E-state index is -1.17. The lowest BCUT2D eigenvalue weighted by Gasteiger charge is -2.19. The van der Waals surface area contributed by atoms with Gasteiger partial charge in [0, 0.05) is 0 Å². The van der Waals surface area contributed by atoms with Gasteiger partial charge in [0.15, 0.2) is 0 Å². The maximum Gasteiger partial charge on any atom is 0.322 e. The van der Waals surface area contributed by atoms with Gasteiger partial charge in [-0.2, -0.15) is 0 Å². The summed E-state index contributed by atoms with van der Waals surface area (Å²) in [7, 11) is 0. The molecule has 0 aromatic heterocycles. The molecule has 2 aliphatic rings. The minimum Gasteiger partial charge on any atom is -0.480 e. The Morgan fingerprint density at radius 1 is 1.16 bits per heavy atom. The second-order valence-electron chi connectivity index (χ2n) is 4.93. The van der Waals surface area contributed by atoms with E-state index in [1.54, 1.807) is 0 Å². The molecule has 2 rings (SSSR count). The van der Waals surface area contributed by atoms with Crippen LogP contribution in [0, 0.1) is 11.8 Å². The number of carboxylic acid groups (broad SMARTS) is 1. The summed E-state index contributed by atoms with van der Waals surface area (Å²) in [4.78, 5) is 46.8. The Hall–Kier alpha value is -1.92. The van der Waals surface area contributed by atoms with Gasteiger partial charge in [0.05, 0.1) is 11.8 Å². The van der Waals surface area contributed by atoms with Crippen LogP contribution in [0.25, 0.3) is 0 Å². The average molecular weight is 268 g/mol. The second kappa shape index (κ2) is 5.38. The van der Waals surface area contributed by atoms with E-state index in [2.05, 4.69) is 5.32 Å². The topological polar surface area (TPSA) is 104 Å². The van der Waals surface area contributed by atoms with Gasteiger partial charge >= 0.3 is 5.97 Å². The van der Waals surface area contributed by atoms with Gasteiger partial charge in [-0.15, -0.1) is 0 Å². The Kier molecular flexibility index (Phi) is 3.82. The number of nitrogens with zero attached hydrogens (tertiary/aromatic N) is 1. The van der Waals surface area contributed by atoms with E-state index in [-0.39, 0.29) is 30.2 Å². The van der Waals surface area contributed by atoms with Gasteiger partial charge in [-0.25, -0.2) is 0 Å². The van der Waals surface area contributed by atoms with Crippen LogP contribution in [0.3, 0.4) is 0 Å². The van der Waals surface area contributed by atoms with E-state index in [1.807, 2.05) is 0 Å². The molecule has 7 nitrogen and oxygen atoms in total. The van der Waals surface area contributed by atoms with E-state index in [9.17, 15) is 19.2 Å². The number of likely N-dealkylation sites (tertiary alicyclic amines) is 1. The lowest BCUT2D eigenvalue weighted by atomic mass is 9.81. The summed E-state index contributed by atoms with van der Waals surface area (Å²) in [6, 6.07) is 0. The van der Waals surface area contributed by atoms with Crippen LogP contribution >= 0.6 is 0 Å². The largest absolute Gasteiger partial charge is 0.480 e. The fourth-order valence-electron chi connectivity index (χ4n) is 2.76. The first-order valence-corrected chi connectivity index (χ1v) is 6.34. The average Bonchev–Trinajstić information content (AvgIpc) is 2.62. The van der Waals surface area contributed by atoms with Crippen LogP contribution in [0.2, 0.25) is 0 Å². The predicted octanol–water partition coefficient (Wildman–Crippen LogP) is -0.638. The normalized spacial score (nSPS) is 26.2. The van der Waals surface area contributed by atoms with Gasteiger partial charge in [-0.3, -0.25) is 24.1 Å². The molecule has 0 aromatic carbocycles. The lowest BCUT2D eigenvalue weighted by Crippen LogP contribution is -2.42. The molecule has 1 aliphatic heterocycles. The number of carboxylic acids is 1. The maximum absolute atomic E-state index is 12.0. The highest BCUT2D eigenvalue weighted by atomic mass is 16.4. The predicted molar refractivity (Wildman–Crippen MR) is 62.8 cm³/mol. The molecule has 19 heavy (non-hydrogen) atoms. The van der Waals surface area contributed by atoms with Crippen LogP contribution in [0.1, 0.15) is 25.7 Å². The first kappa shape index (κ1) is 13.5. The molecule has 0 radical (unpaired) electrons. The van der Waals surface area contributed by atoms with E-state index < -0.39 is 18.4 Å². The summed E-state index contributed by atoms with van der Waals surface area (Å²) in [6.45, 7) is -0.889. The first-order valence-electron chi connectivity index (χ1n) is 6.34. The number of imide groups is 1. The van der Waals surface area contributed by atoms with Crippen LogP contribution < -0.4 is 5.32 Å². The number of carbonyl (C=O) groups is 4. The molecule has 1 saturated heterocycles. The summed E-state index contributed by atoms with van der Waals surface area (Å²) < 4.78 is 0. The summed E-state index contributed by atoms with van der Waals surface area (Å²) in [6.07, 6.45) is 3.25. The zero-order chi connectivity index (χ0) is 14.0. The van der Waals surface area contributed by atoms with Crippen LogP contribution in [-0.4, -0.2) is 46.8 Å². The number of rotatable bonds is 4. The quantitative estimate of drug-likeness (QED) is 0.660. The molecule has 7 heteroatoms. The first-order chi connectivity index (χ1) is 9.00. The molecule has 1 aliphatic carbocycles. The third-order valence-electron chi connectivity index (χ3n) is 3.67. The van der Waals surface area contributed by atoms with Crippen LogP contribution in [0.4, 0.5) is 0 Å². The number of fused-ring (bicyclic) bond motifs is 1. The SMILES string of the molecule is O=C(O)CNC(=O)CN1C(=O)[C@@H]2CCCC[C@H]2C1=O. The van der Waals surface area contributed by atoms with E-state index in [4.69, 9.17) is 5.11 Å². The molecular weight excluding hydrogens is 252 g/mol. The van der Waals surface area contributed by atoms with Crippen molar-refractivity contribution in [1.82, 2.24) is 10.2 Å². The molecule has 1 heterocycles. The molecule has 2 fully saturated rings. The number of nitrogens with one attached hydrogen (secondary N) is 1. The summed E-state index contributed by atoms with van der Waals surface area (Å²) in [5, 5.41) is 10.6. The molecule has 2 atom stereocenters. The Balaban J connectivity index is 1.96. The smallest absolute Gasteiger partial charge is 0.322 e. The Labute approximate surface area is 109 Å². The van der Waals surface area contributed by atoms with Crippen LogP contribution in [-0.2, 0) is 19.2 Å². The standard InChI is InChI=1S/C12H16N2O5/c15-9(13-5-10(16)17)6-14-11(18)7-3-1-2-4-8(7)12(14)19/h7-8H,1-6H2,(H,13,15)(H,16,17)/t7-,8-/m1/s1. The van der Waals surface area contributed by atoms with Crippen molar-refractivity contribution in [2.24, 2.45) is 11.8 Å². The molecule has 2 N–H and O–H groups in total. The van der Waals surface area contributed by atoms with Crippen molar-refractivity contribution in [1.29, 1.82) is 0 Å². The fourth-order valence-corrected chi connectivity index (χ4v) is 2.76. The molecule has 0 unspecified atom stereocenters. The lowest BCUT2D eigenvalue weighted by molar-refractivity contribution is -0.144. The molecule has 0 spiro atoms. The van der Waals surface area contributed by atoms with Gasteiger partial charge in [-0.1, -0.05) is 12.8 Å². The summed E-state index contributed by atoms with van der Waals surface area (Å²) >= 11 is 0. The number of carbonyl (C=O) groups excluding carboxylic acids is 3.